The van der Waals surface area contributed by atoms with Crippen molar-refractivity contribution in [3.63, 3.8) is 0 Å². The average molecular weight is 308 g/mol. The molecule has 112 valence electrons. The number of esters is 2. The second-order valence-corrected chi connectivity index (χ2v) is 5.37. The highest BCUT2D eigenvalue weighted by Gasteiger charge is 2.30. The van der Waals surface area contributed by atoms with Gasteiger partial charge < -0.3 is 9.47 Å². The van der Waals surface area contributed by atoms with Crippen molar-refractivity contribution in [1.82, 2.24) is 0 Å². The molecule has 6 heteroatoms. The predicted molar refractivity (Wildman–Crippen MR) is 81.9 cm³/mol. The molecule has 0 atom stereocenters. The minimum atomic E-state index is -0.293. The van der Waals surface area contributed by atoms with Crippen LogP contribution in [0.1, 0.15) is 39.5 Å². The average Bonchev–Trinajstić information content (AvgIpc) is 2.40. The van der Waals surface area contributed by atoms with Crippen LogP contribution < -0.4 is 0 Å². The highest BCUT2D eigenvalue weighted by molar-refractivity contribution is 7.80. The van der Waals surface area contributed by atoms with Gasteiger partial charge in [0.05, 0.1) is 12.8 Å². The topological polar surface area (TPSA) is 52.6 Å². The van der Waals surface area contributed by atoms with Gasteiger partial charge in [-0.3, -0.25) is 9.59 Å². The number of thiol groups is 2. The van der Waals surface area contributed by atoms with Crippen LogP contribution in [0, 0.1) is 5.41 Å². The van der Waals surface area contributed by atoms with E-state index in [1.165, 1.54) is 0 Å². The van der Waals surface area contributed by atoms with E-state index in [0.717, 1.165) is 12.8 Å². The minimum absolute atomic E-state index is 0.261. The molecule has 0 aromatic heterocycles. The smallest absolute Gasteiger partial charge is 0.306 e. The van der Waals surface area contributed by atoms with Gasteiger partial charge in [0.15, 0.2) is 0 Å². The molecule has 0 rings (SSSR count). The van der Waals surface area contributed by atoms with Crippen molar-refractivity contribution in [3.8, 4) is 0 Å². The molecule has 4 nitrogen and oxygen atoms in total. The largest absolute Gasteiger partial charge is 0.465 e. The number of hydrogen-bond acceptors (Lipinski definition) is 6. The van der Waals surface area contributed by atoms with Crippen LogP contribution >= 0.6 is 25.3 Å². The summed E-state index contributed by atoms with van der Waals surface area (Å²) in [7, 11) is 0. The van der Waals surface area contributed by atoms with Crippen molar-refractivity contribution in [2.24, 2.45) is 5.41 Å². The molecular weight excluding hydrogens is 284 g/mol. The Morgan fingerprint density at radius 2 is 1.26 bits per heavy atom. The molecule has 0 amide bonds. The van der Waals surface area contributed by atoms with E-state index in [-0.39, 0.29) is 30.6 Å². The zero-order valence-electron chi connectivity index (χ0n) is 11.7. The molecule has 0 heterocycles. The first-order valence-corrected chi connectivity index (χ1v) is 7.83. The molecule has 0 fully saturated rings. The van der Waals surface area contributed by atoms with Crippen LogP contribution in [-0.4, -0.2) is 36.7 Å². The number of carbonyl (C=O) groups excluding carboxylic acids is 2. The molecule has 0 aliphatic carbocycles. The second-order valence-electron chi connectivity index (χ2n) is 4.48. The van der Waals surface area contributed by atoms with Gasteiger partial charge >= 0.3 is 11.9 Å². The molecule has 19 heavy (non-hydrogen) atoms. The van der Waals surface area contributed by atoms with E-state index in [2.05, 4.69) is 25.3 Å². The normalized spacial score (nSPS) is 11.2. The zero-order valence-corrected chi connectivity index (χ0v) is 13.5. The van der Waals surface area contributed by atoms with Gasteiger partial charge in [0.2, 0.25) is 0 Å². The van der Waals surface area contributed by atoms with E-state index in [4.69, 9.17) is 9.47 Å². The van der Waals surface area contributed by atoms with Crippen LogP contribution in [0.25, 0.3) is 0 Å². The minimum Gasteiger partial charge on any atom is -0.465 e. The summed E-state index contributed by atoms with van der Waals surface area (Å²) in [6.45, 7) is 4.56. The van der Waals surface area contributed by atoms with Crippen molar-refractivity contribution >= 4 is 37.2 Å². The molecule has 0 saturated carbocycles. The van der Waals surface area contributed by atoms with Gasteiger partial charge in [-0.15, -0.1) is 0 Å². The third-order valence-corrected chi connectivity index (χ3v) is 3.66. The number of hydrogen-bond donors (Lipinski definition) is 2. The van der Waals surface area contributed by atoms with Crippen LogP contribution in [0.3, 0.4) is 0 Å². The Morgan fingerprint density at radius 1 is 0.895 bits per heavy atom. The Labute approximate surface area is 126 Å². The van der Waals surface area contributed by atoms with Crippen molar-refractivity contribution in [2.75, 3.05) is 24.7 Å². The molecule has 0 aliphatic heterocycles. The fraction of sp³-hybridized carbons (Fsp3) is 0.846. The van der Waals surface area contributed by atoms with E-state index in [0.29, 0.717) is 24.3 Å². The maximum atomic E-state index is 11.4. The summed E-state index contributed by atoms with van der Waals surface area (Å²) in [5.41, 5.74) is -0.293. The van der Waals surface area contributed by atoms with Gasteiger partial charge in [-0.1, -0.05) is 13.8 Å². The summed E-state index contributed by atoms with van der Waals surface area (Å²) in [4.78, 5) is 22.7. The van der Waals surface area contributed by atoms with Gasteiger partial charge in [0, 0.05) is 16.9 Å². The number of carbonyl (C=O) groups is 2. The number of ether oxygens (including phenoxy) is 2. The zero-order chi connectivity index (χ0) is 14.7. The maximum Gasteiger partial charge on any atom is 0.306 e. The van der Waals surface area contributed by atoms with Crippen LogP contribution in [0.4, 0.5) is 0 Å². The second kappa shape index (κ2) is 10.4. The van der Waals surface area contributed by atoms with E-state index in [1.54, 1.807) is 0 Å². The molecule has 0 N–H and O–H groups in total. The lowest BCUT2D eigenvalue weighted by atomic mass is 9.84. The predicted octanol–water partition coefficient (Wildman–Crippen LogP) is 2.52. The summed E-state index contributed by atoms with van der Waals surface area (Å²) in [6.07, 6.45) is 2.16. The molecule has 0 aromatic carbocycles. The molecule has 0 bridgehead atoms. The highest BCUT2D eigenvalue weighted by atomic mass is 32.1. The molecule has 0 saturated heterocycles. The quantitative estimate of drug-likeness (QED) is 0.481. The van der Waals surface area contributed by atoms with Gasteiger partial charge in [-0.25, -0.2) is 0 Å². The monoisotopic (exact) mass is 308 g/mol. The first-order valence-electron chi connectivity index (χ1n) is 6.56. The summed E-state index contributed by atoms with van der Waals surface area (Å²) >= 11 is 7.97. The van der Waals surface area contributed by atoms with Gasteiger partial charge in [-0.2, -0.15) is 25.3 Å². The fourth-order valence-corrected chi connectivity index (χ4v) is 1.86. The standard InChI is InChI=1S/C13H24O4S2/c1-3-13(4-2,9-16-11(14)5-7-18)10-17-12(15)6-8-19/h18-19H,3-10H2,1-2H3. The Morgan fingerprint density at radius 3 is 1.53 bits per heavy atom. The van der Waals surface area contributed by atoms with Crippen molar-refractivity contribution in [2.45, 2.75) is 39.5 Å². The van der Waals surface area contributed by atoms with E-state index >= 15 is 0 Å². The van der Waals surface area contributed by atoms with Crippen molar-refractivity contribution in [1.29, 1.82) is 0 Å². The van der Waals surface area contributed by atoms with Crippen LogP contribution in [-0.2, 0) is 19.1 Å². The van der Waals surface area contributed by atoms with Gasteiger partial charge in [-0.05, 0) is 12.8 Å². The maximum absolute atomic E-state index is 11.4. The van der Waals surface area contributed by atoms with E-state index in [1.807, 2.05) is 13.8 Å². The Kier molecular flexibility index (Phi) is 10.2. The highest BCUT2D eigenvalue weighted by Crippen LogP contribution is 2.27. The first-order chi connectivity index (χ1) is 9.03. The Hall–Kier alpha value is -0.360. The Balaban J connectivity index is 4.32. The van der Waals surface area contributed by atoms with Crippen LogP contribution in [0.15, 0.2) is 0 Å². The fourth-order valence-electron chi connectivity index (χ4n) is 1.49. The third-order valence-electron chi connectivity index (χ3n) is 3.21. The summed E-state index contributed by atoms with van der Waals surface area (Å²) in [5, 5.41) is 0. The Bertz CT molecular complexity index is 254. The summed E-state index contributed by atoms with van der Waals surface area (Å²) in [6, 6.07) is 0. The lowest BCUT2D eigenvalue weighted by Crippen LogP contribution is -2.33. The SMILES string of the molecule is CCC(CC)(COC(=O)CCS)COC(=O)CCS. The lowest BCUT2D eigenvalue weighted by molar-refractivity contribution is -0.154. The van der Waals surface area contributed by atoms with Crippen molar-refractivity contribution < 1.29 is 19.1 Å². The number of rotatable bonds is 10. The molecule has 0 unspecified atom stereocenters. The van der Waals surface area contributed by atoms with Crippen LogP contribution in [0.5, 0.6) is 0 Å². The van der Waals surface area contributed by atoms with Crippen molar-refractivity contribution in [3.05, 3.63) is 0 Å². The lowest BCUT2D eigenvalue weighted by Gasteiger charge is -2.30. The van der Waals surface area contributed by atoms with E-state index < -0.39 is 0 Å². The first kappa shape index (κ1) is 18.6. The summed E-state index contributed by atoms with van der Waals surface area (Å²) in [5.74, 6) is 0.424. The molecular formula is C13H24O4S2. The molecule has 0 spiro atoms. The van der Waals surface area contributed by atoms with E-state index in [9.17, 15) is 9.59 Å². The molecule has 0 radical (unpaired) electrons. The van der Waals surface area contributed by atoms with Crippen LogP contribution in [0.2, 0.25) is 0 Å². The van der Waals surface area contributed by atoms with Gasteiger partial charge in [0.25, 0.3) is 0 Å². The third kappa shape index (κ3) is 7.72. The summed E-state index contributed by atoms with van der Waals surface area (Å²) < 4.78 is 10.5. The molecule has 0 aliphatic rings. The van der Waals surface area contributed by atoms with Gasteiger partial charge in [0.1, 0.15) is 13.2 Å². The molecule has 0 aromatic rings.